The molecule has 1 fully saturated rings. The number of aromatic nitrogens is 1. The third-order valence-electron chi connectivity index (χ3n) is 4.20. The molecule has 2 atom stereocenters. The van der Waals surface area contributed by atoms with E-state index in [2.05, 4.69) is 54.3 Å². The number of hydrogen-bond acceptors (Lipinski definition) is 3. The largest absolute Gasteiger partial charge is 0.368 e. The van der Waals surface area contributed by atoms with Crippen molar-refractivity contribution in [3.05, 3.63) is 23.9 Å². The van der Waals surface area contributed by atoms with Crippen molar-refractivity contribution in [1.82, 2.24) is 9.88 Å². The fourth-order valence-corrected chi connectivity index (χ4v) is 2.79. The van der Waals surface area contributed by atoms with Gasteiger partial charge in [-0.25, -0.2) is 4.98 Å². The van der Waals surface area contributed by atoms with Gasteiger partial charge in [0.2, 0.25) is 0 Å². The molecule has 2 rings (SSSR count). The van der Waals surface area contributed by atoms with Crippen LogP contribution in [0.5, 0.6) is 0 Å². The monoisotopic (exact) mass is 261 g/mol. The Morgan fingerprint density at radius 1 is 1.37 bits per heavy atom. The van der Waals surface area contributed by atoms with Crippen LogP contribution in [0.1, 0.15) is 58.1 Å². The fraction of sp³-hybridized carbons (Fsp3) is 0.688. The van der Waals surface area contributed by atoms with Crippen LogP contribution in [0.25, 0.3) is 0 Å². The number of likely N-dealkylation sites (tertiary alicyclic amines) is 1. The minimum absolute atomic E-state index is 0.486. The first-order valence-electron chi connectivity index (χ1n) is 7.71. The number of piperidine rings is 1. The lowest BCUT2D eigenvalue weighted by molar-refractivity contribution is 0.157. The fourth-order valence-electron chi connectivity index (χ4n) is 2.79. The third kappa shape index (κ3) is 3.69. The van der Waals surface area contributed by atoms with E-state index in [-0.39, 0.29) is 0 Å². The van der Waals surface area contributed by atoms with Gasteiger partial charge < -0.3 is 5.32 Å². The van der Waals surface area contributed by atoms with Gasteiger partial charge in [0.25, 0.3) is 0 Å². The zero-order chi connectivity index (χ0) is 13.7. The Balaban J connectivity index is 2.04. The maximum atomic E-state index is 4.57. The first-order valence-corrected chi connectivity index (χ1v) is 7.71. The zero-order valence-electron chi connectivity index (χ0n) is 12.5. The maximum absolute atomic E-state index is 4.57. The van der Waals surface area contributed by atoms with Gasteiger partial charge >= 0.3 is 0 Å². The van der Waals surface area contributed by atoms with Crippen molar-refractivity contribution in [1.29, 1.82) is 0 Å². The molecule has 2 heterocycles. The van der Waals surface area contributed by atoms with Gasteiger partial charge in [-0.05, 0) is 50.9 Å². The van der Waals surface area contributed by atoms with Gasteiger partial charge in [-0.1, -0.05) is 26.3 Å². The highest BCUT2D eigenvalue weighted by Gasteiger charge is 2.22. The highest BCUT2D eigenvalue weighted by atomic mass is 15.2. The molecule has 0 spiro atoms. The van der Waals surface area contributed by atoms with Crippen LogP contribution in [0.2, 0.25) is 0 Å². The second-order valence-electron chi connectivity index (χ2n) is 5.57. The molecular formula is C16H27N3. The second kappa shape index (κ2) is 6.90. The summed E-state index contributed by atoms with van der Waals surface area (Å²) in [6.07, 6.45) is 7.13. The molecule has 0 aliphatic carbocycles. The summed E-state index contributed by atoms with van der Waals surface area (Å²) in [5.41, 5.74) is 1.37. The van der Waals surface area contributed by atoms with E-state index in [1.54, 1.807) is 0 Å². The van der Waals surface area contributed by atoms with Crippen LogP contribution in [0.15, 0.2) is 18.3 Å². The van der Waals surface area contributed by atoms with E-state index >= 15 is 0 Å². The van der Waals surface area contributed by atoms with Crippen LogP contribution in [-0.4, -0.2) is 29.0 Å². The number of nitrogens with zero attached hydrogens (tertiary/aromatic N) is 2. The Morgan fingerprint density at radius 2 is 2.21 bits per heavy atom. The van der Waals surface area contributed by atoms with Crippen molar-refractivity contribution >= 4 is 5.82 Å². The summed E-state index contributed by atoms with van der Waals surface area (Å²) in [6.45, 7) is 9.00. The van der Waals surface area contributed by atoms with Gasteiger partial charge in [-0.15, -0.1) is 0 Å². The summed E-state index contributed by atoms with van der Waals surface area (Å²) in [5, 5.41) is 3.42. The predicted molar refractivity (Wildman–Crippen MR) is 81.5 cm³/mol. The molecule has 0 saturated carbocycles. The van der Waals surface area contributed by atoms with E-state index in [0.717, 1.165) is 18.8 Å². The minimum atomic E-state index is 0.486. The van der Waals surface area contributed by atoms with Gasteiger partial charge in [0.05, 0.1) is 0 Å². The van der Waals surface area contributed by atoms with Crippen molar-refractivity contribution in [2.75, 3.05) is 18.4 Å². The molecule has 0 amide bonds. The molecule has 0 aromatic carbocycles. The van der Waals surface area contributed by atoms with E-state index < -0.39 is 0 Å². The van der Waals surface area contributed by atoms with Gasteiger partial charge in [0, 0.05) is 18.3 Å². The van der Waals surface area contributed by atoms with Gasteiger partial charge in [-0.2, -0.15) is 0 Å². The quantitative estimate of drug-likeness (QED) is 0.873. The van der Waals surface area contributed by atoms with Crippen molar-refractivity contribution in [3.63, 3.8) is 0 Å². The zero-order valence-corrected chi connectivity index (χ0v) is 12.5. The Kier molecular flexibility index (Phi) is 5.20. The number of nitrogens with one attached hydrogen (secondary N) is 1. The van der Waals surface area contributed by atoms with Crippen molar-refractivity contribution in [2.45, 2.75) is 58.5 Å². The molecule has 1 aliphatic rings. The summed E-state index contributed by atoms with van der Waals surface area (Å²) < 4.78 is 0. The maximum Gasteiger partial charge on any atom is 0.126 e. The van der Waals surface area contributed by atoms with Crippen LogP contribution < -0.4 is 5.32 Å². The highest BCUT2D eigenvalue weighted by Crippen LogP contribution is 2.30. The molecule has 106 valence electrons. The summed E-state index contributed by atoms with van der Waals surface area (Å²) in [7, 11) is 0. The Labute approximate surface area is 117 Å². The molecule has 1 saturated heterocycles. The van der Waals surface area contributed by atoms with E-state index in [0.29, 0.717) is 12.1 Å². The lowest BCUT2D eigenvalue weighted by Gasteiger charge is -2.35. The molecule has 1 aliphatic heterocycles. The molecular weight excluding hydrogens is 234 g/mol. The molecule has 1 aromatic rings. The summed E-state index contributed by atoms with van der Waals surface area (Å²) in [4.78, 5) is 7.14. The van der Waals surface area contributed by atoms with Gasteiger partial charge in [0.1, 0.15) is 5.82 Å². The van der Waals surface area contributed by atoms with E-state index in [4.69, 9.17) is 0 Å². The summed E-state index contributed by atoms with van der Waals surface area (Å²) in [6, 6.07) is 5.43. The summed E-state index contributed by atoms with van der Waals surface area (Å²) in [5.74, 6) is 0.997. The average molecular weight is 261 g/mol. The molecule has 0 bridgehead atoms. The molecule has 3 heteroatoms. The van der Waals surface area contributed by atoms with Crippen LogP contribution in [0.3, 0.4) is 0 Å². The smallest absolute Gasteiger partial charge is 0.126 e. The molecule has 0 radical (unpaired) electrons. The topological polar surface area (TPSA) is 28.2 Å². The number of hydrogen-bond donors (Lipinski definition) is 1. The normalized spacial score (nSPS) is 22.2. The number of pyridine rings is 1. The number of anilines is 1. The first kappa shape index (κ1) is 14.3. The lowest BCUT2D eigenvalue weighted by Crippen LogP contribution is -2.33. The van der Waals surface area contributed by atoms with Crippen LogP contribution in [0.4, 0.5) is 5.82 Å². The SMILES string of the molecule is CCC(C)Nc1ccc(C2CCCCN2CC)cn1. The predicted octanol–water partition coefficient (Wildman–Crippen LogP) is 3.84. The van der Waals surface area contributed by atoms with Crippen LogP contribution >= 0.6 is 0 Å². The molecule has 19 heavy (non-hydrogen) atoms. The van der Waals surface area contributed by atoms with E-state index in [9.17, 15) is 0 Å². The van der Waals surface area contributed by atoms with Crippen LogP contribution in [0, 0.1) is 0 Å². The Hall–Kier alpha value is -1.09. The number of rotatable bonds is 5. The Bertz CT molecular complexity index is 374. The van der Waals surface area contributed by atoms with E-state index in [1.165, 1.54) is 31.4 Å². The van der Waals surface area contributed by atoms with Crippen LogP contribution in [-0.2, 0) is 0 Å². The average Bonchev–Trinajstić information content (AvgIpc) is 2.48. The van der Waals surface area contributed by atoms with E-state index in [1.807, 2.05) is 0 Å². The minimum Gasteiger partial charge on any atom is -0.368 e. The molecule has 1 aromatic heterocycles. The van der Waals surface area contributed by atoms with Crippen molar-refractivity contribution in [2.24, 2.45) is 0 Å². The van der Waals surface area contributed by atoms with Gasteiger partial charge in [0.15, 0.2) is 0 Å². The standard InChI is InChI=1S/C16H27N3/c1-4-13(3)18-16-10-9-14(12-17-16)15-8-6-7-11-19(15)5-2/h9-10,12-13,15H,4-8,11H2,1-3H3,(H,17,18). The first-order chi connectivity index (χ1) is 9.24. The third-order valence-corrected chi connectivity index (χ3v) is 4.20. The summed E-state index contributed by atoms with van der Waals surface area (Å²) >= 11 is 0. The molecule has 2 unspecified atom stereocenters. The van der Waals surface area contributed by atoms with Gasteiger partial charge in [-0.3, -0.25) is 4.90 Å². The van der Waals surface area contributed by atoms with Crippen molar-refractivity contribution in [3.8, 4) is 0 Å². The van der Waals surface area contributed by atoms with Crippen molar-refractivity contribution < 1.29 is 0 Å². The highest BCUT2D eigenvalue weighted by molar-refractivity contribution is 5.37. The Morgan fingerprint density at radius 3 is 2.84 bits per heavy atom. The molecule has 3 nitrogen and oxygen atoms in total. The lowest BCUT2D eigenvalue weighted by atomic mass is 9.96. The molecule has 1 N–H and O–H groups in total. The second-order valence-corrected chi connectivity index (χ2v) is 5.57.